The lowest BCUT2D eigenvalue weighted by atomic mass is 10.2. The number of imidazole rings is 1. The van der Waals surface area contributed by atoms with Crippen molar-refractivity contribution in [3.8, 4) is 16.9 Å². The number of nitrogen functional groups attached to an aromatic ring is 1. The van der Waals surface area contributed by atoms with Gasteiger partial charge in [0.25, 0.3) is 0 Å². The summed E-state index contributed by atoms with van der Waals surface area (Å²) in [5.41, 5.74) is 11.9. The van der Waals surface area contributed by atoms with E-state index in [1.165, 1.54) is 0 Å². The van der Waals surface area contributed by atoms with Gasteiger partial charge in [-0.2, -0.15) is 5.10 Å². The molecule has 0 spiro atoms. The van der Waals surface area contributed by atoms with Gasteiger partial charge in [0, 0.05) is 24.2 Å². The van der Waals surface area contributed by atoms with E-state index in [1.54, 1.807) is 29.3 Å². The molecule has 6 rings (SSSR count). The molecule has 0 unspecified atom stereocenters. The normalized spacial score (nSPS) is 11.5. The number of hydrogen-bond donors (Lipinski definition) is 3. The van der Waals surface area contributed by atoms with Gasteiger partial charge < -0.3 is 15.7 Å². The van der Waals surface area contributed by atoms with E-state index in [4.69, 9.17) is 17.3 Å². The Morgan fingerprint density at radius 2 is 1.88 bits per heavy atom. The molecule has 0 atom stereocenters. The van der Waals surface area contributed by atoms with E-state index in [0.717, 1.165) is 28.2 Å². The summed E-state index contributed by atoms with van der Waals surface area (Å²) in [7, 11) is 0. The molecular weight excluding hydrogens is 442 g/mol. The minimum Gasteiger partial charge on any atom is -0.380 e. The van der Waals surface area contributed by atoms with Gasteiger partial charge in [-0.1, -0.05) is 11.6 Å². The van der Waals surface area contributed by atoms with Crippen LogP contribution >= 0.6 is 11.6 Å². The fourth-order valence-corrected chi connectivity index (χ4v) is 3.98. The third-order valence-corrected chi connectivity index (χ3v) is 5.63. The Morgan fingerprint density at radius 3 is 2.73 bits per heavy atom. The molecule has 0 saturated heterocycles. The van der Waals surface area contributed by atoms with Crippen LogP contribution in [0.15, 0.2) is 65.8 Å². The minimum absolute atomic E-state index is 0.264. The first-order chi connectivity index (χ1) is 16.0. The van der Waals surface area contributed by atoms with Gasteiger partial charge in [-0.05, 0) is 42.5 Å². The van der Waals surface area contributed by atoms with Crippen LogP contribution in [0.3, 0.4) is 0 Å². The third kappa shape index (κ3) is 3.33. The highest BCUT2D eigenvalue weighted by molar-refractivity contribution is 6.30. The number of pyridine rings is 2. The van der Waals surface area contributed by atoms with Crippen molar-refractivity contribution in [1.29, 1.82) is 0 Å². The Labute approximate surface area is 190 Å². The Balaban J connectivity index is 1.45. The van der Waals surface area contributed by atoms with Crippen LogP contribution < -0.4 is 11.4 Å². The van der Waals surface area contributed by atoms with Crippen LogP contribution in [0.25, 0.3) is 39.0 Å². The highest BCUT2D eigenvalue weighted by Gasteiger charge is 2.15. The van der Waals surface area contributed by atoms with E-state index in [0.29, 0.717) is 33.9 Å². The third-order valence-electron chi connectivity index (χ3n) is 5.40. The lowest BCUT2D eigenvalue weighted by Crippen LogP contribution is -2.05. The average Bonchev–Trinajstić information content (AvgIpc) is 3.51. The number of fused-ring (bicyclic) bond motifs is 2. The number of nitrogens with zero attached hydrogens (tertiary/aromatic N) is 6. The van der Waals surface area contributed by atoms with E-state index in [9.17, 15) is 4.79 Å². The number of nitrogens with one attached hydrogen (secondary N) is 2. The molecule has 0 aliphatic carbocycles. The molecule has 4 N–H and O–H groups in total. The molecule has 0 bridgehead atoms. The van der Waals surface area contributed by atoms with E-state index < -0.39 is 0 Å². The van der Waals surface area contributed by atoms with Crippen molar-refractivity contribution in [3.05, 3.63) is 82.3 Å². The summed E-state index contributed by atoms with van der Waals surface area (Å²) >= 11 is 5.95. The summed E-state index contributed by atoms with van der Waals surface area (Å²) in [5.74, 6) is 0.318. The van der Waals surface area contributed by atoms with E-state index in [1.807, 2.05) is 41.1 Å². The zero-order chi connectivity index (χ0) is 22.5. The number of aromatic nitrogens is 8. The molecule has 0 aliphatic rings. The monoisotopic (exact) mass is 457 g/mol. The van der Waals surface area contributed by atoms with Gasteiger partial charge in [0.15, 0.2) is 5.82 Å². The van der Waals surface area contributed by atoms with Crippen molar-refractivity contribution in [2.75, 3.05) is 5.73 Å². The van der Waals surface area contributed by atoms with Crippen LogP contribution in [0.5, 0.6) is 0 Å². The lowest BCUT2D eigenvalue weighted by molar-refractivity contribution is 0.680. The largest absolute Gasteiger partial charge is 0.380 e. The van der Waals surface area contributed by atoms with Gasteiger partial charge in [-0.25, -0.2) is 14.5 Å². The summed E-state index contributed by atoms with van der Waals surface area (Å²) in [6, 6.07) is 13.1. The highest BCUT2D eigenvalue weighted by atomic mass is 35.5. The summed E-state index contributed by atoms with van der Waals surface area (Å²) in [6.45, 7) is 0.483. The quantitative estimate of drug-likeness (QED) is 0.372. The zero-order valence-electron chi connectivity index (χ0n) is 17.0. The number of rotatable bonds is 4. The van der Waals surface area contributed by atoms with Crippen molar-refractivity contribution in [1.82, 2.24) is 39.5 Å². The Kier molecular flexibility index (Phi) is 4.27. The first-order valence-electron chi connectivity index (χ1n) is 10.0. The minimum atomic E-state index is -0.264. The zero-order valence-corrected chi connectivity index (χ0v) is 17.8. The van der Waals surface area contributed by atoms with Gasteiger partial charge in [0.05, 0.1) is 45.2 Å². The highest BCUT2D eigenvalue weighted by Crippen LogP contribution is 2.28. The second-order valence-electron chi connectivity index (χ2n) is 7.54. The molecule has 5 aromatic heterocycles. The van der Waals surface area contributed by atoms with Gasteiger partial charge >= 0.3 is 5.69 Å². The number of nitrogens with two attached hydrogens (primary N) is 1. The van der Waals surface area contributed by atoms with Crippen molar-refractivity contribution >= 4 is 39.5 Å². The molecule has 0 amide bonds. The van der Waals surface area contributed by atoms with Crippen LogP contribution in [-0.2, 0) is 6.54 Å². The number of aromatic amines is 2. The van der Waals surface area contributed by atoms with Gasteiger partial charge in [0.1, 0.15) is 5.52 Å². The molecule has 5 heterocycles. The summed E-state index contributed by atoms with van der Waals surface area (Å²) in [6.07, 6.45) is 5.10. The van der Waals surface area contributed by atoms with E-state index >= 15 is 0 Å². The predicted octanol–water partition coefficient (Wildman–Crippen LogP) is 3.13. The molecule has 0 radical (unpaired) electrons. The molecule has 33 heavy (non-hydrogen) atoms. The topological polar surface area (TPSA) is 136 Å². The van der Waals surface area contributed by atoms with Crippen molar-refractivity contribution < 1.29 is 0 Å². The maximum atomic E-state index is 11.6. The molecule has 6 aromatic rings. The second kappa shape index (κ2) is 7.31. The maximum absolute atomic E-state index is 11.6. The second-order valence-corrected chi connectivity index (χ2v) is 7.98. The Morgan fingerprint density at radius 1 is 1.00 bits per heavy atom. The molecule has 0 aliphatic heterocycles. The van der Waals surface area contributed by atoms with Crippen LogP contribution in [0, 0.1) is 0 Å². The van der Waals surface area contributed by atoms with Crippen molar-refractivity contribution in [2.45, 2.75) is 6.54 Å². The number of H-pyrrole nitrogens is 2. The average molecular weight is 458 g/mol. The smallest absolute Gasteiger partial charge is 0.323 e. The van der Waals surface area contributed by atoms with E-state index in [2.05, 4.69) is 30.1 Å². The fourth-order valence-electron chi connectivity index (χ4n) is 3.87. The number of hydrogen-bond acceptors (Lipinski definition) is 6. The molecule has 0 fully saturated rings. The van der Waals surface area contributed by atoms with Gasteiger partial charge in [-0.15, -0.1) is 5.10 Å². The molecule has 162 valence electrons. The fraction of sp³-hybridized carbons (Fsp3) is 0.0455. The van der Waals surface area contributed by atoms with Crippen molar-refractivity contribution in [3.63, 3.8) is 0 Å². The van der Waals surface area contributed by atoms with Crippen LogP contribution in [-0.4, -0.2) is 39.5 Å². The maximum Gasteiger partial charge on any atom is 0.323 e. The first-order valence-corrected chi connectivity index (χ1v) is 10.4. The molecular formula is C22H16ClN9O. The lowest BCUT2D eigenvalue weighted by Gasteiger charge is -2.08. The number of halogens is 1. The van der Waals surface area contributed by atoms with Crippen molar-refractivity contribution in [2.24, 2.45) is 0 Å². The number of benzene rings is 1. The summed E-state index contributed by atoms with van der Waals surface area (Å²) in [4.78, 5) is 26.0. The molecule has 1 aromatic carbocycles. The Hall–Kier alpha value is -4.44. The van der Waals surface area contributed by atoms with Gasteiger partial charge in [-0.3, -0.25) is 9.67 Å². The van der Waals surface area contributed by atoms with Crippen LogP contribution in [0.2, 0.25) is 5.02 Å². The number of anilines is 1. The first kappa shape index (κ1) is 19.3. The Bertz CT molecular complexity index is 1690. The van der Waals surface area contributed by atoms with Crippen LogP contribution in [0.1, 0.15) is 5.69 Å². The van der Waals surface area contributed by atoms with E-state index in [-0.39, 0.29) is 5.69 Å². The van der Waals surface area contributed by atoms with Crippen LogP contribution in [0.4, 0.5) is 5.82 Å². The summed E-state index contributed by atoms with van der Waals surface area (Å²) < 4.78 is 3.56. The van der Waals surface area contributed by atoms with Gasteiger partial charge in [0.2, 0.25) is 0 Å². The summed E-state index contributed by atoms with van der Waals surface area (Å²) in [5, 5.41) is 9.51. The standard InChI is InChI=1S/C22H16ClN9O/c23-13-1-2-14(25-10-13)11-31-18(5-6-27-31)12-7-19-20(26-9-12)21(24)30-32(19)15-3-4-16-17(8-15)29-22(33)28-16/h1-10H,11H2,(H2,24,30)(H2,28,29,33). The molecule has 0 saturated carbocycles. The predicted molar refractivity (Wildman–Crippen MR) is 125 cm³/mol. The molecule has 10 nitrogen and oxygen atoms in total. The SMILES string of the molecule is Nc1nn(-c2ccc3[nH]c(=O)[nH]c3c2)c2cc(-c3ccnn3Cc3ccc(Cl)cn3)cnc12. The molecule has 11 heteroatoms.